The van der Waals surface area contributed by atoms with Crippen molar-refractivity contribution in [2.24, 2.45) is 0 Å². The summed E-state index contributed by atoms with van der Waals surface area (Å²) in [5.74, 6) is -0.817. The van der Waals surface area contributed by atoms with Gasteiger partial charge in [0.25, 0.3) is 17.5 Å². The van der Waals surface area contributed by atoms with Gasteiger partial charge in [-0.15, -0.1) is 0 Å². The number of para-hydroxylation sites is 2. The topological polar surface area (TPSA) is 111 Å². The fourth-order valence-electron chi connectivity index (χ4n) is 2.08. The molecule has 1 unspecified atom stereocenters. The van der Waals surface area contributed by atoms with E-state index in [1.807, 2.05) is 6.07 Å². The quantitative estimate of drug-likeness (QED) is 0.617. The van der Waals surface area contributed by atoms with Crippen molar-refractivity contribution in [3.63, 3.8) is 0 Å². The lowest BCUT2D eigenvalue weighted by atomic mass is 10.2. The molecular weight excluding hydrogens is 326 g/mol. The molecule has 25 heavy (non-hydrogen) atoms. The third-order valence-corrected chi connectivity index (χ3v) is 3.33. The Kier molecular flexibility index (Phi) is 6.05. The Hall–Kier alpha value is -3.42. The number of amides is 2. The van der Waals surface area contributed by atoms with Crippen LogP contribution in [0.15, 0.2) is 54.6 Å². The van der Waals surface area contributed by atoms with Crippen molar-refractivity contribution in [1.29, 1.82) is 0 Å². The van der Waals surface area contributed by atoms with Crippen LogP contribution in [0.4, 0.5) is 5.69 Å². The SMILES string of the molecule is CCC(Oc1ccccc1)C(=O)NNC(=O)c1ccccc1[N+](=O)[O-]. The Morgan fingerprint density at radius 3 is 2.36 bits per heavy atom. The van der Waals surface area contributed by atoms with E-state index in [1.165, 1.54) is 24.3 Å². The zero-order valence-electron chi connectivity index (χ0n) is 13.5. The summed E-state index contributed by atoms with van der Waals surface area (Å²) >= 11 is 0. The third-order valence-electron chi connectivity index (χ3n) is 3.33. The van der Waals surface area contributed by atoms with Gasteiger partial charge in [0.1, 0.15) is 11.3 Å². The molecule has 0 aliphatic rings. The van der Waals surface area contributed by atoms with E-state index in [0.29, 0.717) is 12.2 Å². The van der Waals surface area contributed by atoms with Crippen molar-refractivity contribution in [1.82, 2.24) is 10.9 Å². The largest absolute Gasteiger partial charge is 0.481 e. The van der Waals surface area contributed by atoms with Gasteiger partial charge < -0.3 is 4.74 Å². The first-order valence-corrected chi connectivity index (χ1v) is 7.58. The summed E-state index contributed by atoms with van der Waals surface area (Å²) in [6, 6.07) is 14.3. The van der Waals surface area contributed by atoms with E-state index >= 15 is 0 Å². The number of benzene rings is 2. The predicted octanol–water partition coefficient (Wildman–Crippen LogP) is 2.21. The Bertz CT molecular complexity index is 764. The molecule has 0 heterocycles. The highest BCUT2D eigenvalue weighted by Crippen LogP contribution is 2.17. The van der Waals surface area contributed by atoms with Crippen LogP contribution in [0, 0.1) is 10.1 Å². The lowest BCUT2D eigenvalue weighted by Gasteiger charge is -2.17. The minimum atomic E-state index is -0.812. The molecule has 0 bridgehead atoms. The molecule has 8 nitrogen and oxygen atoms in total. The summed E-state index contributed by atoms with van der Waals surface area (Å²) in [7, 11) is 0. The van der Waals surface area contributed by atoms with Crippen LogP contribution in [0.2, 0.25) is 0 Å². The van der Waals surface area contributed by atoms with Crippen molar-refractivity contribution >= 4 is 17.5 Å². The van der Waals surface area contributed by atoms with Crippen LogP contribution in [-0.4, -0.2) is 22.8 Å². The highest BCUT2D eigenvalue weighted by atomic mass is 16.6. The smallest absolute Gasteiger partial charge is 0.282 e. The Labute approximate surface area is 143 Å². The van der Waals surface area contributed by atoms with Gasteiger partial charge in [-0.1, -0.05) is 37.3 Å². The predicted molar refractivity (Wildman–Crippen MR) is 89.9 cm³/mol. The highest BCUT2D eigenvalue weighted by molar-refractivity contribution is 5.99. The maximum Gasteiger partial charge on any atom is 0.282 e. The number of hydrazine groups is 1. The number of hydrogen-bond donors (Lipinski definition) is 2. The summed E-state index contributed by atoms with van der Waals surface area (Å²) in [5, 5.41) is 10.9. The minimum Gasteiger partial charge on any atom is -0.481 e. The normalized spacial score (nSPS) is 11.2. The molecule has 0 aliphatic carbocycles. The molecule has 2 N–H and O–H groups in total. The highest BCUT2D eigenvalue weighted by Gasteiger charge is 2.22. The second-order valence-corrected chi connectivity index (χ2v) is 5.05. The van der Waals surface area contributed by atoms with E-state index in [9.17, 15) is 19.7 Å². The fourth-order valence-corrected chi connectivity index (χ4v) is 2.08. The lowest BCUT2D eigenvalue weighted by Crippen LogP contribution is -2.48. The molecule has 2 amide bonds. The van der Waals surface area contributed by atoms with Crippen LogP contribution >= 0.6 is 0 Å². The number of carbonyl (C=O) groups excluding carboxylic acids is 2. The summed E-state index contributed by atoms with van der Waals surface area (Å²) < 4.78 is 5.55. The molecule has 0 spiro atoms. The first kappa shape index (κ1) is 17.9. The van der Waals surface area contributed by atoms with Crippen molar-refractivity contribution in [2.75, 3.05) is 0 Å². The second-order valence-electron chi connectivity index (χ2n) is 5.05. The number of ether oxygens (including phenoxy) is 1. The molecule has 0 aliphatic heterocycles. The molecule has 0 saturated carbocycles. The Balaban J connectivity index is 1.98. The number of nitro groups is 1. The number of nitrogens with one attached hydrogen (secondary N) is 2. The molecule has 0 radical (unpaired) electrons. The molecular formula is C17H17N3O5. The van der Waals surface area contributed by atoms with Crippen LogP contribution in [0.1, 0.15) is 23.7 Å². The molecule has 130 valence electrons. The average Bonchev–Trinajstić information content (AvgIpc) is 2.64. The van der Waals surface area contributed by atoms with Gasteiger partial charge in [-0.2, -0.15) is 0 Å². The van der Waals surface area contributed by atoms with Crippen LogP contribution in [0.5, 0.6) is 5.75 Å². The monoisotopic (exact) mass is 343 g/mol. The van der Waals surface area contributed by atoms with Gasteiger partial charge in [0.15, 0.2) is 6.10 Å². The third kappa shape index (κ3) is 4.77. The molecule has 0 aromatic heterocycles. The first-order chi connectivity index (χ1) is 12.0. The molecule has 8 heteroatoms. The average molecular weight is 343 g/mol. The zero-order valence-corrected chi connectivity index (χ0v) is 13.5. The fraction of sp³-hybridized carbons (Fsp3) is 0.176. The standard InChI is InChI=1S/C17H17N3O5/c1-2-15(25-12-8-4-3-5-9-12)17(22)19-18-16(21)13-10-6-7-11-14(13)20(23)24/h3-11,15H,2H2,1H3,(H,18,21)(H,19,22). The van der Waals surface area contributed by atoms with Gasteiger partial charge in [-0.05, 0) is 24.6 Å². The summed E-state index contributed by atoms with van der Waals surface area (Å²) in [4.78, 5) is 34.5. The van der Waals surface area contributed by atoms with Gasteiger partial charge in [0.2, 0.25) is 0 Å². The summed E-state index contributed by atoms with van der Waals surface area (Å²) in [5.41, 5.74) is 3.91. The molecule has 0 fully saturated rings. The number of rotatable bonds is 6. The van der Waals surface area contributed by atoms with Crippen molar-refractivity contribution < 1.29 is 19.2 Å². The maximum absolute atomic E-state index is 12.1. The van der Waals surface area contributed by atoms with Gasteiger partial charge in [-0.25, -0.2) is 0 Å². The van der Waals surface area contributed by atoms with Crippen LogP contribution in [0.3, 0.4) is 0 Å². The van der Waals surface area contributed by atoms with Gasteiger partial charge >= 0.3 is 0 Å². The molecule has 2 aromatic rings. The van der Waals surface area contributed by atoms with E-state index in [-0.39, 0.29) is 11.3 Å². The minimum absolute atomic E-state index is 0.148. The molecule has 1 atom stereocenters. The number of nitro benzene ring substituents is 1. The summed E-state index contributed by atoms with van der Waals surface area (Å²) in [6.07, 6.45) is -0.435. The van der Waals surface area contributed by atoms with E-state index < -0.39 is 22.8 Å². The van der Waals surface area contributed by atoms with E-state index in [1.54, 1.807) is 31.2 Å². The van der Waals surface area contributed by atoms with Gasteiger partial charge in [-0.3, -0.25) is 30.6 Å². The molecule has 2 aromatic carbocycles. The molecule has 2 rings (SSSR count). The van der Waals surface area contributed by atoms with Gasteiger partial charge in [0.05, 0.1) is 4.92 Å². The van der Waals surface area contributed by atoms with Crippen molar-refractivity contribution in [3.05, 3.63) is 70.3 Å². The maximum atomic E-state index is 12.1. The number of hydrogen-bond acceptors (Lipinski definition) is 5. The van der Waals surface area contributed by atoms with Gasteiger partial charge in [0, 0.05) is 6.07 Å². The second kappa shape index (κ2) is 8.44. The van der Waals surface area contributed by atoms with Crippen molar-refractivity contribution in [3.8, 4) is 5.75 Å². The van der Waals surface area contributed by atoms with E-state index in [0.717, 1.165) is 0 Å². The van der Waals surface area contributed by atoms with E-state index in [4.69, 9.17) is 4.74 Å². The lowest BCUT2D eigenvalue weighted by molar-refractivity contribution is -0.385. The van der Waals surface area contributed by atoms with Crippen LogP contribution in [-0.2, 0) is 4.79 Å². The van der Waals surface area contributed by atoms with Crippen LogP contribution in [0.25, 0.3) is 0 Å². The first-order valence-electron chi connectivity index (χ1n) is 7.58. The molecule has 0 saturated heterocycles. The Morgan fingerprint density at radius 1 is 1.08 bits per heavy atom. The summed E-state index contributed by atoms with van der Waals surface area (Å²) in [6.45, 7) is 1.76. The van der Waals surface area contributed by atoms with E-state index in [2.05, 4.69) is 10.9 Å². The van der Waals surface area contributed by atoms with Crippen LogP contribution < -0.4 is 15.6 Å². The van der Waals surface area contributed by atoms with Crippen molar-refractivity contribution in [2.45, 2.75) is 19.4 Å². The Morgan fingerprint density at radius 2 is 1.72 bits per heavy atom. The number of carbonyl (C=O) groups is 2. The zero-order chi connectivity index (χ0) is 18.2. The number of nitrogens with zero attached hydrogens (tertiary/aromatic N) is 1.